The monoisotopic (exact) mass is 249 g/mol. The number of carbonyl (C=O) groups excluding carboxylic acids is 1. The number of nitrogens with two attached hydrogens (primary N) is 1. The zero-order chi connectivity index (χ0) is 12.5. The van der Waals surface area contributed by atoms with Crippen LogP contribution in [-0.2, 0) is 0 Å². The first-order chi connectivity index (χ1) is 8.74. The Bertz CT molecular complexity index is 443. The summed E-state index contributed by atoms with van der Waals surface area (Å²) in [5.41, 5.74) is 5.44. The number of fused-ring (bicyclic) bond motifs is 1. The molecule has 1 aromatic rings. The Hall–Kier alpha value is -1.36. The first kappa shape index (κ1) is 11.7. The molecule has 0 saturated carbocycles. The van der Waals surface area contributed by atoms with E-state index in [9.17, 15) is 4.79 Å². The van der Waals surface area contributed by atoms with Gasteiger partial charge in [-0.2, -0.15) is 0 Å². The molecule has 98 valence electrons. The standard InChI is InChI=1S/C13H19N3O2/c14-12(17)11-8-18-13(15-11)9-4-6-16-5-2-1-3-10(16)7-9/h8-10H,1-7H2,(H2,14,17). The molecule has 3 heterocycles. The number of carbonyl (C=O) groups is 1. The van der Waals surface area contributed by atoms with E-state index in [0.717, 1.165) is 19.4 Å². The molecule has 0 radical (unpaired) electrons. The molecule has 2 saturated heterocycles. The van der Waals surface area contributed by atoms with E-state index in [0.29, 0.717) is 17.9 Å². The SMILES string of the molecule is NC(=O)c1coc(C2CCN3CCCCC3C2)n1. The van der Waals surface area contributed by atoms with E-state index in [1.54, 1.807) is 0 Å². The molecule has 0 aliphatic carbocycles. The molecule has 0 spiro atoms. The third kappa shape index (κ3) is 2.14. The van der Waals surface area contributed by atoms with Gasteiger partial charge in [-0.15, -0.1) is 0 Å². The van der Waals surface area contributed by atoms with Crippen LogP contribution in [0.1, 0.15) is 54.4 Å². The molecule has 2 aliphatic heterocycles. The van der Waals surface area contributed by atoms with Crippen LogP contribution in [0.15, 0.2) is 10.7 Å². The molecule has 1 amide bonds. The molecular weight excluding hydrogens is 230 g/mol. The van der Waals surface area contributed by atoms with Crippen molar-refractivity contribution in [1.82, 2.24) is 9.88 Å². The Morgan fingerprint density at radius 2 is 2.28 bits per heavy atom. The lowest BCUT2D eigenvalue weighted by atomic mass is 9.86. The second-order valence-electron chi connectivity index (χ2n) is 5.34. The quantitative estimate of drug-likeness (QED) is 0.862. The minimum absolute atomic E-state index is 0.246. The lowest BCUT2D eigenvalue weighted by molar-refractivity contribution is 0.0914. The van der Waals surface area contributed by atoms with Crippen molar-refractivity contribution in [2.24, 2.45) is 5.73 Å². The van der Waals surface area contributed by atoms with Crippen molar-refractivity contribution in [3.05, 3.63) is 17.8 Å². The average molecular weight is 249 g/mol. The maximum atomic E-state index is 11.0. The number of rotatable bonds is 2. The predicted octanol–water partition coefficient (Wildman–Crippen LogP) is 1.51. The fourth-order valence-electron chi connectivity index (χ4n) is 3.20. The number of hydrogen-bond donors (Lipinski definition) is 1. The molecule has 2 unspecified atom stereocenters. The Morgan fingerprint density at radius 3 is 3.06 bits per heavy atom. The third-order valence-electron chi connectivity index (χ3n) is 4.19. The highest BCUT2D eigenvalue weighted by atomic mass is 16.3. The first-order valence-electron chi connectivity index (χ1n) is 6.73. The molecule has 5 heteroatoms. The Labute approximate surface area is 106 Å². The molecule has 2 aliphatic rings. The van der Waals surface area contributed by atoms with Crippen molar-refractivity contribution >= 4 is 5.91 Å². The maximum absolute atomic E-state index is 11.0. The number of nitrogens with zero attached hydrogens (tertiary/aromatic N) is 2. The molecule has 3 rings (SSSR count). The number of oxazole rings is 1. The lowest BCUT2D eigenvalue weighted by Crippen LogP contribution is -2.44. The van der Waals surface area contributed by atoms with E-state index in [-0.39, 0.29) is 5.69 Å². The second kappa shape index (κ2) is 4.72. The van der Waals surface area contributed by atoms with E-state index in [4.69, 9.17) is 10.2 Å². The van der Waals surface area contributed by atoms with Crippen molar-refractivity contribution in [3.8, 4) is 0 Å². The normalized spacial score (nSPS) is 28.9. The maximum Gasteiger partial charge on any atom is 0.270 e. The summed E-state index contributed by atoms with van der Waals surface area (Å²) < 4.78 is 5.41. The molecule has 0 bridgehead atoms. The number of primary amides is 1. The third-order valence-corrected chi connectivity index (χ3v) is 4.19. The van der Waals surface area contributed by atoms with Crippen LogP contribution >= 0.6 is 0 Å². The zero-order valence-corrected chi connectivity index (χ0v) is 10.5. The van der Waals surface area contributed by atoms with E-state index < -0.39 is 5.91 Å². The van der Waals surface area contributed by atoms with E-state index in [1.165, 1.54) is 32.1 Å². The highest BCUT2D eigenvalue weighted by Gasteiger charge is 2.33. The van der Waals surface area contributed by atoms with E-state index >= 15 is 0 Å². The fraction of sp³-hybridized carbons (Fsp3) is 0.692. The Morgan fingerprint density at radius 1 is 1.39 bits per heavy atom. The molecular formula is C13H19N3O2. The van der Waals surface area contributed by atoms with Crippen molar-refractivity contribution in [2.45, 2.75) is 44.1 Å². The summed E-state index contributed by atoms with van der Waals surface area (Å²) in [6.45, 7) is 2.35. The van der Waals surface area contributed by atoms with Gasteiger partial charge in [0.25, 0.3) is 5.91 Å². The smallest absolute Gasteiger partial charge is 0.270 e. The van der Waals surface area contributed by atoms with Crippen LogP contribution < -0.4 is 5.73 Å². The summed E-state index contributed by atoms with van der Waals surface area (Å²) >= 11 is 0. The minimum Gasteiger partial charge on any atom is -0.448 e. The van der Waals surface area contributed by atoms with Gasteiger partial charge in [0.05, 0.1) is 0 Å². The van der Waals surface area contributed by atoms with Crippen LogP contribution in [0, 0.1) is 0 Å². The first-order valence-corrected chi connectivity index (χ1v) is 6.73. The van der Waals surface area contributed by atoms with Crippen LogP contribution in [0.25, 0.3) is 0 Å². The van der Waals surface area contributed by atoms with Crippen LogP contribution in [-0.4, -0.2) is 34.9 Å². The van der Waals surface area contributed by atoms with Crippen molar-refractivity contribution < 1.29 is 9.21 Å². The highest BCUT2D eigenvalue weighted by Crippen LogP contribution is 2.34. The highest BCUT2D eigenvalue weighted by molar-refractivity contribution is 5.90. The Kier molecular flexibility index (Phi) is 3.07. The molecule has 2 N–H and O–H groups in total. The molecule has 18 heavy (non-hydrogen) atoms. The number of amides is 1. The second-order valence-corrected chi connectivity index (χ2v) is 5.34. The summed E-state index contributed by atoms with van der Waals surface area (Å²) in [5, 5.41) is 0. The Balaban J connectivity index is 1.71. The van der Waals surface area contributed by atoms with Gasteiger partial charge in [-0.25, -0.2) is 4.98 Å². The topological polar surface area (TPSA) is 72.4 Å². The average Bonchev–Trinajstić information content (AvgIpc) is 2.88. The molecule has 5 nitrogen and oxygen atoms in total. The van der Waals surface area contributed by atoms with Crippen molar-refractivity contribution in [3.63, 3.8) is 0 Å². The zero-order valence-electron chi connectivity index (χ0n) is 10.5. The summed E-state index contributed by atoms with van der Waals surface area (Å²) in [7, 11) is 0. The van der Waals surface area contributed by atoms with E-state index in [1.807, 2.05) is 0 Å². The van der Waals surface area contributed by atoms with Gasteiger partial charge in [0.15, 0.2) is 11.6 Å². The molecule has 0 aromatic carbocycles. The molecule has 2 fully saturated rings. The largest absolute Gasteiger partial charge is 0.448 e. The van der Waals surface area contributed by atoms with Gasteiger partial charge in [0.1, 0.15) is 6.26 Å². The summed E-state index contributed by atoms with van der Waals surface area (Å²) in [5.74, 6) is 0.520. The van der Waals surface area contributed by atoms with Gasteiger partial charge in [0, 0.05) is 12.0 Å². The van der Waals surface area contributed by atoms with Gasteiger partial charge in [-0.1, -0.05) is 6.42 Å². The van der Waals surface area contributed by atoms with Gasteiger partial charge in [-0.3, -0.25) is 4.79 Å². The summed E-state index contributed by atoms with van der Waals surface area (Å²) in [6.07, 6.45) is 7.47. The minimum atomic E-state index is -0.514. The number of aromatic nitrogens is 1. The number of hydrogen-bond acceptors (Lipinski definition) is 4. The van der Waals surface area contributed by atoms with Gasteiger partial charge in [0.2, 0.25) is 0 Å². The van der Waals surface area contributed by atoms with Gasteiger partial charge in [-0.05, 0) is 38.8 Å². The molecule has 1 aromatic heterocycles. The number of piperidine rings is 2. The van der Waals surface area contributed by atoms with Crippen LogP contribution in [0.2, 0.25) is 0 Å². The summed E-state index contributed by atoms with van der Waals surface area (Å²) in [4.78, 5) is 17.8. The molecule has 2 atom stereocenters. The lowest BCUT2D eigenvalue weighted by Gasteiger charge is -2.41. The van der Waals surface area contributed by atoms with Crippen LogP contribution in [0.4, 0.5) is 0 Å². The van der Waals surface area contributed by atoms with Gasteiger partial charge >= 0.3 is 0 Å². The van der Waals surface area contributed by atoms with Crippen molar-refractivity contribution in [2.75, 3.05) is 13.1 Å². The van der Waals surface area contributed by atoms with Crippen LogP contribution in [0.3, 0.4) is 0 Å². The summed E-state index contributed by atoms with van der Waals surface area (Å²) in [6, 6.07) is 0.668. The fourth-order valence-corrected chi connectivity index (χ4v) is 3.20. The van der Waals surface area contributed by atoms with Gasteiger partial charge < -0.3 is 15.1 Å². The van der Waals surface area contributed by atoms with Crippen molar-refractivity contribution in [1.29, 1.82) is 0 Å². The predicted molar refractivity (Wildman–Crippen MR) is 66.2 cm³/mol. The van der Waals surface area contributed by atoms with E-state index in [2.05, 4.69) is 9.88 Å². The van der Waals surface area contributed by atoms with Crippen LogP contribution in [0.5, 0.6) is 0 Å².